The van der Waals surface area contributed by atoms with Crippen LogP contribution in [-0.4, -0.2) is 52.5 Å². The number of nitrogens with zero attached hydrogens (tertiary/aromatic N) is 1. The minimum atomic E-state index is -4.44. The maximum Gasteiger partial charge on any atom is 0.401 e. The summed E-state index contributed by atoms with van der Waals surface area (Å²) in [6.07, 6.45) is -4.36. The number of aliphatic carboxylic acids is 1. The summed E-state index contributed by atoms with van der Waals surface area (Å²) in [7, 11) is 0. The number of carbonyl (C=O) groups is 1. The molecule has 2 N–H and O–H groups in total. The van der Waals surface area contributed by atoms with Gasteiger partial charge in [0.1, 0.15) is 0 Å². The van der Waals surface area contributed by atoms with Gasteiger partial charge in [0.05, 0.1) is 18.7 Å². The Hall–Kier alpha value is -0.820. The standard InChI is InChI=1S/C9H16F3NO3/c1-8(2,16)3-4-13(5-7(14)15)6-9(10,11)12/h16H,3-6H2,1-2H3,(H,14,15). The fourth-order valence-electron chi connectivity index (χ4n) is 1.09. The average Bonchev–Trinajstić information content (AvgIpc) is 1.94. The van der Waals surface area contributed by atoms with Gasteiger partial charge < -0.3 is 10.2 Å². The van der Waals surface area contributed by atoms with Gasteiger partial charge in [-0.3, -0.25) is 9.69 Å². The van der Waals surface area contributed by atoms with E-state index in [1.54, 1.807) is 0 Å². The molecule has 0 radical (unpaired) electrons. The molecule has 0 aromatic heterocycles. The van der Waals surface area contributed by atoms with Crippen LogP contribution in [0.5, 0.6) is 0 Å². The van der Waals surface area contributed by atoms with E-state index < -0.39 is 30.8 Å². The van der Waals surface area contributed by atoms with Crippen molar-refractivity contribution in [2.75, 3.05) is 19.6 Å². The van der Waals surface area contributed by atoms with Crippen LogP contribution < -0.4 is 0 Å². The van der Waals surface area contributed by atoms with Crippen molar-refractivity contribution in [2.24, 2.45) is 0 Å². The van der Waals surface area contributed by atoms with Gasteiger partial charge in [0.15, 0.2) is 0 Å². The largest absolute Gasteiger partial charge is 0.480 e. The lowest BCUT2D eigenvalue weighted by Gasteiger charge is -2.25. The van der Waals surface area contributed by atoms with Crippen LogP contribution in [0, 0.1) is 0 Å². The fourth-order valence-corrected chi connectivity index (χ4v) is 1.09. The zero-order valence-electron chi connectivity index (χ0n) is 9.21. The molecule has 0 saturated heterocycles. The first-order valence-electron chi connectivity index (χ1n) is 4.73. The molecule has 0 atom stereocenters. The van der Waals surface area contributed by atoms with Crippen LogP contribution in [0.1, 0.15) is 20.3 Å². The lowest BCUT2D eigenvalue weighted by molar-refractivity contribution is -0.155. The maximum absolute atomic E-state index is 12.1. The van der Waals surface area contributed by atoms with Gasteiger partial charge in [-0.15, -0.1) is 0 Å². The Balaban J connectivity index is 4.27. The highest BCUT2D eigenvalue weighted by Gasteiger charge is 2.32. The van der Waals surface area contributed by atoms with Gasteiger partial charge in [0, 0.05) is 6.54 Å². The quantitative estimate of drug-likeness (QED) is 0.733. The number of aliphatic hydroxyl groups is 1. The number of alkyl halides is 3. The summed E-state index contributed by atoms with van der Waals surface area (Å²) in [5.74, 6) is -1.32. The van der Waals surface area contributed by atoms with E-state index in [9.17, 15) is 23.1 Å². The molecule has 0 saturated carbocycles. The highest BCUT2D eigenvalue weighted by molar-refractivity contribution is 5.69. The van der Waals surface area contributed by atoms with Gasteiger partial charge in [-0.25, -0.2) is 0 Å². The second kappa shape index (κ2) is 5.49. The van der Waals surface area contributed by atoms with Crippen LogP contribution >= 0.6 is 0 Å². The predicted molar refractivity (Wildman–Crippen MR) is 51.0 cm³/mol. The first-order valence-corrected chi connectivity index (χ1v) is 4.73. The minimum Gasteiger partial charge on any atom is -0.480 e. The van der Waals surface area contributed by atoms with E-state index in [0.717, 1.165) is 4.90 Å². The van der Waals surface area contributed by atoms with Gasteiger partial charge >= 0.3 is 12.1 Å². The zero-order valence-corrected chi connectivity index (χ0v) is 9.21. The fraction of sp³-hybridized carbons (Fsp3) is 0.889. The Morgan fingerprint density at radius 2 is 1.81 bits per heavy atom. The van der Waals surface area contributed by atoms with E-state index in [-0.39, 0.29) is 13.0 Å². The number of hydrogen-bond donors (Lipinski definition) is 2. The Labute approximate surface area is 91.7 Å². The molecule has 0 aliphatic carbocycles. The van der Waals surface area contributed by atoms with Gasteiger partial charge in [-0.05, 0) is 20.3 Å². The number of carboxylic acids is 1. The van der Waals surface area contributed by atoms with E-state index in [0.29, 0.717) is 0 Å². The molecule has 0 aromatic carbocycles. The van der Waals surface area contributed by atoms with Crippen LogP contribution in [0.3, 0.4) is 0 Å². The molecule has 0 fully saturated rings. The summed E-state index contributed by atoms with van der Waals surface area (Å²) < 4.78 is 36.2. The van der Waals surface area contributed by atoms with E-state index in [4.69, 9.17) is 5.11 Å². The third-order valence-electron chi connectivity index (χ3n) is 1.80. The molecular weight excluding hydrogens is 227 g/mol. The molecule has 0 heterocycles. The minimum absolute atomic E-state index is 0.0797. The Morgan fingerprint density at radius 3 is 2.12 bits per heavy atom. The average molecular weight is 243 g/mol. The summed E-state index contributed by atoms with van der Waals surface area (Å²) >= 11 is 0. The van der Waals surface area contributed by atoms with Crippen molar-refractivity contribution in [2.45, 2.75) is 32.0 Å². The van der Waals surface area contributed by atoms with Crippen LogP contribution in [-0.2, 0) is 4.79 Å². The lowest BCUT2D eigenvalue weighted by atomic mass is 10.1. The van der Waals surface area contributed by atoms with Gasteiger partial charge in [0.25, 0.3) is 0 Å². The molecule has 4 nitrogen and oxygen atoms in total. The smallest absolute Gasteiger partial charge is 0.401 e. The Morgan fingerprint density at radius 1 is 1.31 bits per heavy atom. The molecule has 0 aliphatic rings. The molecular formula is C9H16F3NO3. The van der Waals surface area contributed by atoms with E-state index in [2.05, 4.69) is 0 Å². The van der Waals surface area contributed by atoms with Crippen molar-refractivity contribution in [1.29, 1.82) is 0 Å². The maximum atomic E-state index is 12.1. The van der Waals surface area contributed by atoms with Crippen molar-refractivity contribution >= 4 is 5.97 Å². The van der Waals surface area contributed by atoms with Crippen molar-refractivity contribution in [3.63, 3.8) is 0 Å². The van der Waals surface area contributed by atoms with Crippen LogP contribution in [0.15, 0.2) is 0 Å². The zero-order chi connectivity index (χ0) is 13.0. The van der Waals surface area contributed by atoms with Gasteiger partial charge in [-0.2, -0.15) is 13.2 Å². The molecule has 0 aliphatic heterocycles. The second-order valence-electron chi connectivity index (χ2n) is 4.28. The van der Waals surface area contributed by atoms with Crippen molar-refractivity contribution in [3.05, 3.63) is 0 Å². The second-order valence-corrected chi connectivity index (χ2v) is 4.28. The van der Waals surface area contributed by atoms with E-state index in [1.807, 2.05) is 0 Å². The van der Waals surface area contributed by atoms with Gasteiger partial charge in [0.2, 0.25) is 0 Å². The van der Waals surface area contributed by atoms with E-state index >= 15 is 0 Å². The number of rotatable bonds is 6. The molecule has 0 bridgehead atoms. The topological polar surface area (TPSA) is 60.8 Å². The third kappa shape index (κ3) is 9.72. The van der Waals surface area contributed by atoms with E-state index in [1.165, 1.54) is 13.8 Å². The predicted octanol–water partition coefficient (Wildman–Crippen LogP) is 1.10. The number of halogens is 3. The summed E-state index contributed by atoms with van der Waals surface area (Å²) in [5.41, 5.74) is -1.11. The molecule has 0 rings (SSSR count). The summed E-state index contributed by atoms with van der Waals surface area (Å²) in [6.45, 7) is 0.833. The van der Waals surface area contributed by atoms with Crippen LogP contribution in [0.25, 0.3) is 0 Å². The number of hydrogen-bond acceptors (Lipinski definition) is 3. The van der Waals surface area contributed by atoms with Crippen molar-refractivity contribution < 1.29 is 28.2 Å². The van der Waals surface area contributed by atoms with Crippen molar-refractivity contribution in [3.8, 4) is 0 Å². The molecule has 16 heavy (non-hydrogen) atoms. The van der Waals surface area contributed by atoms with Crippen LogP contribution in [0.2, 0.25) is 0 Å². The monoisotopic (exact) mass is 243 g/mol. The normalized spacial score (nSPS) is 13.2. The summed E-state index contributed by atoms with van der Waals surface area (Å²) in [6, 6.07) is 0. The highest BCUT2D eigenvalue weighted by Crippen LogP contribution is 2.17. The number of carboxylic acid groups (broad SMARTS) is 1. The SMILES string of the molecule is CC(C)(O)CCN(CC(=O)O)CC(F)(F)F. The summed E-state index contributed by atoms with van der Waals surface area (Å²) in [4.78, 5) is 11.1. The molecule has 0 amide bonds. The lowest BCUT2D eigenvalue weighted by Crippen LogP contribution is -2.40. The van der Waals surface area contributed by atoms with Crippen LogP contribution in [0.4, 0.5) is 13.2 Å². The first kappa shape index (κ1) is 15.2. The Bertz CT molecular complexity index is 235. The van der Waals surface area contributed by atoms with Gasteiger partial charge in [-0.1, -0.05) is 0 Å². The summed E-state index contributed by atoms with van der Waals surface area (Å²) in [5, 5.41) is 17.8. The molecule has 96 valence electrons. The first-order chi connectivity index (χ1) is 6.99. The highest BCUT2D eigenvalue weighted by atomic mass is 19.4. The molecule has 0 spiro atoms. The van der Waals surface area contributed by atoms with Crippen molar-refractivity contribution in [1.82, 2.24) is 4.90 Å². The molecule has 7 heteroatoms. The molecule has 0 aromatic rings. The third-order valence-corrected chi connectivity index (χ3v) is 1.80. The Kier molecular flexibility index (Phi) is 5.21. The molecule has 0 unspecified atom stereocenters.